The summed E-state index contributed by atoms with van der Waals surface area (Å²) in [6, 6.07) is 0.805. The molecule has 1 aliphatic carbocycles. The van der Waals surface area contributed by atoms with Crippen molar-refractivity contribution >= 4 is 11.3 Å². The maximum absolute atomic E-state index is 4.36. The highest BCUT2D eigenvalue weighted by Crippen LogP contribution is 2.25. The molecule has 0 aromatic carbocycles. The monoisotopic (exact) mass is 267 g/mol. The molecular weight excluding hydrogens is 242 g/mol. The Morgan fingerprint density at radius 3 is 2.89 bits per heavy atom. The summed E-state index contributed by atoms with van der Waals surface area (Å²) >= 11 is 1.68. The molecule has 4 heteroatoms. The fraction of sp³-hybridized carbons (Fsp3) is 0.786. The second-order valence-electron chi connectivity index (χ2n) is 5.97. The van der Waals surface area contributed by atoms with Crippen molar-refractivity contribution in [2.75, 3.05) is 20.1 Å². The molecule has 2 rings (SSSR count). The van der Waals surface area contributed by atoms with Crippen LogP contribution in [0.4, 0.5) is 0 Å². The van der Waals surface area contributed by atoms with Gasteiger partial charge in [-0.2, -0.15) is 0 Å². The first kappa shape index (κ1) is 14.0. The number of nitrogens with zero attached hydrogens (tertiary/aromatic N) is 2. The van der Waals surface area contributed by atoms with Gasteiger partial charge in [0.25, 0.3) is 0 Å². The van der Waals surface area contributed by atoms with Gasteiger partial charge in [-0.1, -0.05) is 13.8 Å². The van der Waals surface area contributed by atoms with E-state index in [2.05, 4.69) is 41.5 Å². The van der Waals surface area contributed by atoms with Crippen molar-refractivity contribution in [3.63, 3.8) is 0 Å². The molecule has 0 amide bonds. The van der Waals surface area contributed by atoms with Gasteiger partial charge in [-0.3, -0.25) is 4.90 Å². The van der Waals surface area contributed by atoms with E-state index in [0.717, 1.165) is 25.7 Å². The van der Waals surface area contributed by atoms with Crippen molar-refractivity contribution in [2.45, 2.75) is 45.7 Å². The number of hydrogen-bond donors (Lipinski definition) is 1. The van der Waals surface area contributed by atoms with Gasteiger partial charge in [-0.25, -0.2) is 4.98 Å². The Labute approximate surface area is 115 Å². The van der Waals surface area contributed by atoms with Gasteiger partial charge in [-0.05, 0) is 31.7 Å². The molecule has 0 radical (unpaired) electrons. The van der Waals surface area contributed by atoms with Gasteiger partial charge in [0.15, 0.2) is 0 Å². The van der Waals surface area contributed by atoms with Crippen LogP contribution < -0.4 is 5.32 Å². The number of rotatable bonds is 8. The van der Waals surface area contributed by atoms with Crippen LogP contribution in [-0.4, -0.2) is 36.1 Å². The molecule has 1 heterocycles. The van der Waals surface area contributed by atoms with E-state index in [9.17, 15) is 0 Å². The summed E-state index contributed by atoms with van der Waals surface area (Å²) in [7, 11) is 2.20. The van der Waals surface area contributed by atoms with Crippen LogP contribution in [0.15, 0.2) is 10.9 Å². The largest absolute Gasteiger partial charge is 0.313 e. The summed E-state index contributed by atoms with van der Waals surface area (Å²) < 4.78 is 0. The van der Waals surface area contributed by atoms with Gasteiger partial charge < -0.3 is 5.32 Å². The smallest absolute Gasteiger partial charge is 0.0795 e. The first-order valence-electron chi connectivity index (χ1n) is 6.90. The summed E-state index contributed by atoms with van der Waals surface area (Å²) in [6.45, 7) is 7.91. The molecule has 1 unspecified atom stereocenters. The van der Waals surface area contributed by atoms with Crippen LogP contribution in [0.3, 0.4) is 0 Å². The Balaban J connectivity index is 1.79. The van der Waals surface area contributed by atoms with E-state index in [-0.39, 0.29) is 0 Å². The molecule has 1 N–H and O–H groups in total. The molecule has 1 saturated carbocycles. The van der Waals surface area contributed by atoms with Gasteiger partial charge in [0.2, 0.25) is 0 Å². The van der Waals surface area contributed by atoms with Crippen LogP contribution in [0.2, 0.25) is 0 Å². The molecule has 0 bridgehead atoms. The molecule has 1 aromatic heterocycles. The third kappa shape index (κ3) is 4.34. The average Bonchev–Trinajstić information content (AvgIpc) is 3.04. The van der Waals surface area contributed by atoms with Crippen LogP contribution in [0.5, 0.6) is 0 Å². The lowest BCUT2D eigenvalue weighted by Crippen LogP contribution is -2.41. The van der Waals surface area contributed by atoms with E-state index in [1.807, 2.05) is 5.51 Å². The Kier molecular flexibility index (Phi) is 4.76. The number of nitrogens with one attached hydrogen (secondary N) is 1. The van der Waals surface area contributed by atoms with Gasteiger partial charge in [0, 0.05) is 31.1 Å². The molecule has 0 saturated heterocycles. The number of aromatic nitrogens is 1. The summed E-state index contributed by atoms with van der Waals surface area (Å²) in [5, 5.41) is 5.81. The first-order valence-corrected chi connectivity index (χ1v) is 7.84. The third-order valence-electron chi connectivity index (χ3n) is 3.82. The van der Waals surface area contributed by atoms with E-state index in [4.69, 9.17) is 0 Å². The zero-order chi connectivity index (χ0) is 13.0. The lowest BCUT2D eigenvalue weighted by Gasteiger charge is -2.33. The van der Waals surface area contributed by atoms with E-state index in [1.165, 1.54) is 25.0 Å². The minimum Gasteiger partial charge on any atom is -0.313 e. The quantitative estimate of drug-likeness (QED) is 0.785. The van der Waals surface area contributed by atoms with Gasteiger partial charge in [0.05, 0.1) is 11.2 Å². The molecule has 0 spiro atoms. The fourth-order valence-corrected chi connectivity index (χ4v) is 2.82. The SMILES string of the molecule is CCC(C)(CNC1CC1)CN(C)Cc1cscn1. The van der Waals surface area contributed by atoms with E-state index < -0.39 is 0 Å². The van der Waals surface area contributed by atoms with Gasteiger partial charge >= 0.3 is 0 Å². The number of hydrogen-bond acceptors (Lipinski definition) is 4. The van der Waals surface area contributed by atoms with E-state index in [0.29, 0.717) is 5.41 Å². The van der Waals surface area contributed by atoms with Crippen molar-refractivity contribution < 1.29 is 0 Å². The molecule has 1 aromatic rings. The zero-order valence-corrected chi connectivity index (χ0v) is 12.6. The molecular formula is C14H25N3S. The minimum absolute atomic E-state index is 0.368. The van der Waals surface area contributed by atoms with Crippen molar-refractivity contribution in [3.05, 3.63) is 16.6 Å². The Hall–Kier alpha value is -0.450. The van der Waals surface area contributed by atoms with Gasteiger partial charge in [-0.15, -0.1) is 11.3 Å². The lowest BCUT2D eigenvalue weighted by molar-refractivity contribution is 0.173. The van der Waals surface area contributed by atoms with Gasteiger partial charge in [0.1, 0.15) is 0 Å². The maximum Gasteiger partial charge on any atom is 0.0795 e. The highest BCUT2D eigenvalue weighted by Gasteiger charge is 2.28. The second kappa shape index (κ2) is 6.13. The van der Waals surface area contributed by atoms with Crippen molar-refractivity contribution in [1.29, 1.82) is 0 Å². The molecule has 1 fully saturated rings. The van der Waals surface area contributed by atoms with Crippen LogP contribution in [0.25, 0.3) is 0 Å². The van der Waals surface area contributed by atoms with E-state index in [1.54, 1.807) is 11.3 Å². The molecule has 3 nitrogen and oxygen atoms in total. The predicted molar refractivity (Wildman–Crippen MR) is 77.9 cm³/mol. The zero-order valence-electron chi connectivity index (χ0n) is 11.8. The highest BCUT2D eigenvalue weighted by molar-refractivity contribution is 7.07. The van der Waals surface area contributed by atoms with Crippen LogP contribution in [-0.2, 0) is 6.54 Å². The molecule has 102 valence electrons. The average molecular weight is 267 g/mol. The van der Waals surface area contributed by atoms with Crippen LogP contribution >= 0.6 is 11.3 Å². The summed E-state index contributed by atoms with van der Waals surface area (Å²) in [5.41, 5.74) is 3.47. The van der Waals surface area contributed by atoms with Crippen molar-refractivity contribution in [1.82, 2.24) is 15.2 Å². The standard InChI is InChI=1S/C14H25N3S/c1-4-14(2,9-15-12-5-6-12)10-17(3)7-13-8-18-11-16-13/h8,11-12,15H,4-7,9-10H2,1-3H3. The maximum atomic E-state index is 4.36. The number of thiazole rings is 1. The van der Waals surface area contributed by atoms with Crippen molar-refractivity contribution in [2.24, 2.45) is 5.41 Å². The summed E-state index contributed by atoms with van der Waals surface area (Å²) in [6.07, 6.45) is 3.96. The predicted octanol–water partition coefficient (Wildman–Crippen LogP) is 2.74. The Morgan fingerprint density at radius 1 is 1.56 bits per heavy atom. The summed E-state index contributed by atoms with van der Waals surface area (Å²) in [4.78, 5) is 6.75. The molecule has 0 aliphatic heterocycles. The molecule has 18 heavy (non-hydrogen) atoms. The van der Waals surface area contributed by atoms with Crippen molar-refractivity contribution in [3.8, 4) is 0 Å². The normalized spacial score (nSPS) is 19.1. The lowest BCUT2D eigenvalue weighted by atomic mass is 9.86. The topological polar surface area (TPSA) is 28.2 Å². The third-order valence-corrected chi connectivity index (χ3v) is 4.45. The minimum atomic E-state index is 0.368. The van der Waals surface area contributed by atoms with Crippen LogP contribution in [0, 0.1) is 5.41 Å². The van der Waals surface area contributed by atoms with Crippen LogP contribution in [0.1, 0.15) is 38.8 Å². The second-order valence-corrected chi connectivity index (χ2v) is 6.69. The highest BCUT2D eigenvalue weighted by atomic mass is 32.1. The summed E-state index contributed by atoms with van der Waals surface area (Å²) in [5.74, 6) is 0. The Bertz CT molecular complexity index is 348. The Morgan fingerprint density at radius 2 is 2.33 bits per heavy atom. The van der Waals surface area contributed by atoms with E-state index >= 15 is 0 Å². The molecule has 1 aliphatic rings. The molecule has 1 atom stereocenters. The first-order chi connectivity index (χ1) is 8.61. The fourth-order valence-electron chi connectivity index (χ4n) is 2.27.